The quantitative estimate of drug-likeness (QED) is 0.108. The molecule has 0 aliphatic carbocycles. The highest BCUT2D eigenvalue weighted by Crippen LogP contribution is 2.14. The zero-order valence-corrected chi connectivity index (χ0v) is 27.0. The molecule has 4 nitrogen and oxygen atoms in total. The average Bonchev–Trinajstić information content (AvgIpc) is 2.86. The predicted octanol–water partition coefficient (Wildman–Crippen LogP) is 8.94. The summed E-state index contributed by atoms with van der Waals surface area (Å²) in [6.07, 6.45) is 25.3. The summed E-state index contributed by atoms with van der Waals surface area (Å²) in [6.45, 7) is 19.0. The summed E-state index contributed by atoms with van der Waals surface area (Å²) >= 11 is 0. The van der Waals surface area contributed by atoms with Crippen LogP contribution in [0.1, 0.15) is 127 Å². The molecule has 0 unspecified atom stereocenters. The number of aliphatic hydroxyl groups is 4. The standard InChI is InChI=1S/C30H50.C3H8O3.C2H6O/c1-25(2)15-11-19-29(7)23-13-21-27(5)17-9-10-18-28(6)22-14-24-30(8)20-12-16-26(3)4;4-1-3(6)2-5;1-2-3/h15-18,23-24H,9-14,19-22H2,1-8H3;3-6H,1-2H2;3H,2H2,1H3/b27-17+,28-18+,29-23+,30-24+;;. The Bertz CT molecular complexity index is 681. The maximum Gasteiger partial charge on any atom is 0.100 e. The average molecular weight is 549 g/mol. The van der Waals surface area contributed by atoms with Gasteiger partial charge in [-0.05, 0) is 127 Å². The molecule has 4 N–H and O–H groups in total. The van der Waals surface area contributed by atoms with E-state index in [2.05, 4.69) is 91.8 Å². The lowest BCUT2D eigenvalue weighted by atomic mass is 10.0. The second kappa shape index (κ2) is 30.8. The van der Waals surface area contributed by atoms with E-state index in [1.54, 1.807) is 6.92 Å². The number of aliphatic hydroxyl groups excluding tert-OH is 4. The van der Waals surface area contributed by atoms with Gasteiger partial charge in [0, 0.05) is 6.61 Å². The van der Waals surface area contributed by atoms with Crippen LogP contribution >= 0.6 is 0 Å². The maximum atomic E-state index is 8.17. The second-order valence-electron chi connectivity index (χ2n) is 10.8. The molecule has 4 heteroatoms. The van der Waals surface area contributed by atoms with Gasteiger partial charge in [0.05, 0.1) is 13.2 Å². The van der Waals surface area contributed by atoms with Gasteiger partial charge in [-0.25, -0.2) is 0 Å². The van der Waals surface area contributed by atoms with Crippen molar-refractivity contribution in [3.8, 4) is 0 Å². The third-order valence-electron chi connectivity index (χ3n) is 5.82. The molecule has 0 bridgehead atoms. The lowest BCUT2D eigenvalue weighted by molar-refractivity contribution is 0.0450. The molecule has 0 saturated heterocycles. The summed E-state index contributed by atoms with van der Waals surface area (Å²) in [6, 6.07) is 0. The van der Waals surface area contributed by atoms with E-state index >= 15 is 0 Å². The molecule has 228 valence electrons. The molecule has 0 radical (unpaired) electrons. The summed E-state index contributed by atoms with van der Waals surface area (Å²) < 4.78 is 0. The van der Waals surface area contributed by atoms with Crippen LogP contribution in [0.25, 0.3) is 0 Å². The van der Waals surface area contributed by atoms with Crippen molar-refractivity contribution in [1.29, 1.82) is 0 Å². The highest BCUT2D eigenvalue weighted by Gasteiger charge is 1.95. The number of unbranched alkanes of at least 4 members (excludes halogenated alkanes) is 1. The van der Waals surface area contributed by atoms with Crippen molar-refractivity contribution < 1.29 is 20.4 Å². The summed E-state index contributed by atoms with van der Waals surface area (Å²) in [7, 11) is 0. The fourth-order valence-corrected chi connectivity index (χ4v) is 3.39. The maximum absolute atomic E-state index is 8.17. The number of rotatable bonds is 17. The molecule has 0 aromatic rings. The van der Waals surface area contributed by atoms with Gasteiger partial charge in [0.25, 0.3) is 0 Å². The van der Waals surface area contributed by atoms with E-state index in [1.165, 1.54) is 97.6 Å². The molecular formula is C35H64O4. The van der Waals surface area contributed by atoms with E-state index in [1.807, 2.05) is 0 Å². The lowest BCUT2D eigenvalue weighted by Crippen LogP contribution is -2.15. The van der Waals surface area contributed by atoms with Crippen molar-refractivity contribution in [3.05, 3.63) is 69.9 Å². The lowest BCUT2D eigenvalue weighted by Gasteiger charge is -2.02. The minimum absolute atomic E-state index is 0.250. The molecule has 0 heterocycles. The molecule has 0 amide bonds. The van der Waals surface area contributed by atoms with Gasteiger partial charge in [0.2, 0.25) is 0 Å². The number of hydrogen-bond acceptors (Lipinski definition) is 4. The molecule has 0 fully saturated rings. The van der Waals surface area contributed by atoms with E-state index in [-0.39, 0.29) is 19.8 Å². The molecule has 0 aliphatic heterocycles. The molecule has 0 aromatic carbocycles. The summed E-state index contributed by atoms with van der Waals surface area (Å²) in [5.74, 6) is 0. The first-order valence-corrected chi connectivity index (χ1v) is 14.8. The summed E-state index contributed by atoms with van der Waals surface area (Å²) in [5.41, 5.74) is 8.97. The molecule has 0 aliphatic rings. The van der Waals surface area contributed by atoms with Crippen LogP contribution in [0, 0.1) is 0 Å². The smallest absolute Gasteiger partial charge is 0.100 e. The first-order valence-electron chi connectivity index (χ1n) is 14.8. The third kappa shape index (κ3) is 38.5. The Morgan fingerprint density at radius 2 is 0.692 bits per heavy atom. The van der Waals surface area contributed by atoms with Gasteiger partial charge < -0.3 is 20.4 Å². The van der Waals surface area contributed by atoms with Gasteiger partial charge >= 0.3 is 0 Å². The van der Waals surface area contributed by atoms with Crippen LogP contribution in [0.4, 0.5) is 0 Å². The highest BCUT2D eigenvalue weighted by atomic mass is 16.3. The van der Waals surface area contributed by atoms with E-state index in [4.69, 9.17) is 20.4 Å². The Kier molecular flexibility index (Phi) is 33.0. The Labute approximate surface area is 242 Å². The monoisotopic (exact) mass is 548 g/mol. The largest absolute Gasteiger partial charge is 0.397 e. The summed E-state index contributed by atoms with van der Waals surface area (Å²) in [5, 5.41) is 31.6. The Balaban J connectivity index is -0.00000123. The minimum Gasteiger partial charge on any atom is -0.397 e. The summed E-state index contributed by atoms with van der Waals surface area (Å²) in [4.78, 5) is 0. The van der Waals surface area contributed by atoms with Crippen LogP contribution in [0.2, 0.25) is 0 Å². The molecule has 0 spiro atoms. The Morgan fingerprint density at radius 3 is 0.897 bits per heavy atom. The molecule has 0 atom stereocenters. The molecule has 0 rings (SSSR count). The fraction of sp³-hybridized carbons (Fsp3) is 0.657. The van der Waals surface area contributed by atoms with Gasteiger partial charge in [-0.2, -0.15) is 0 Å². The van der Waals surface area contributed by atoms with Crippen LogP contribution in [0.15, 0.2) is 69.9 Å². The van der Waals surface area contributed by atoms with Crippen molar-refractivity contribution in [2.45, 2.75) is 133 Å². The van der Waals surface area contributed by atoms with Crippen molar-refractivity contribution >= 4 is 0 Å². The molecule has 0 saturated carbocycles. The van der Waals surface area contributed by atoms with Crippen LogP contribution < -0.4 is 0 Å². The SMILES string of the molecule is CC(C)=CCC/C(C)=C/CC/C(C)=C/CC/C=C(\C)CC/C=C(\C)CCC=C(C)C.CCO.OCC(O)CO. The predicted molar refractivity (Wildman–Crippen MR) is 173 cm³/mol. The zero-order chi connectivity index (χ0) is 30.5. The van der Waals surface area contributed by atoms with Crippen LogP contribution in [-0.4, -0.2) is 46.4 Å². The second-order valence-corrected chi connectivity index (χ2v) is 10.8. The highest BCUT2D eigenvalue weighted by molar-refractivity contribution is 5.08. The van der Waals surface area contributed by atoms with Crippen LogP contribution in [-0.2, 0) is 0 Å². The van der Waals surface area contributed by atoms with Crippen LogP contribution in [0.3, 0.4) is 0 Å². The first-order chi connectivity index (χ1) is 18.4. The minimum atomic E-state index is -0.954. The van der Waals surface area contributed by atoms with E-state index in [9.17, 15) is 0 Å². The van der Waals surface area contributed by atoms with Gasteiger partial charge in [0.15, 0.2) is 0 Å². The third-order valence-corrected chi connectivity index (χ3v) is 5.82. The van der Waals surface area contributed by atoms with Gasteiger partial charge in [-0.15, -0.1) is 0 Å². The van der Waals surface area contributed by atoms with Crippen molar-refractivity contribution in [1.82, 2.24) is 0 Å². The molecule has 0 aromatic heterocycles. The number of hydrogen-bond donors (Lipinski definition) is 4. The number of allylic oxidation sites excluding steroid dienone is 12. The Morgan fingerprint density at radius 1 is 0.462 bits per heavy atom. The fourth-order valence-electron chi connectivity index (χ4n) is 3.39. The van der Waals surface area contributed by atoms with Crippen molar-refractivity contribution in [2.24, 2.45) is 0 Å². The van der Waals surface area contributed by atoms with Gasteiger partial charge in [-0.3, -0.25) is 0 Å². The van der Waals surface area contributed by atoms with Crippen molar-refractivity contribution in [3.63, 3.8) is 0 Å². The van der Waals surface area contributed by atoms with E-state index < -0.39 is 6.10 Å². The van der Waals surface area contributed by atoms with Gasteiger partial charge in [0.1, 0.15) is 6.10 Å². The molecule has 39 heavy (non-hydrogen) atoms. The van der Waals surface area contributed by atoms with E-state index in [0.717, 1.165) is 0 Å². The van der Waals surface area contributed by atoms with Crippen LogP contribution in [0.5, 0.6) is 0 Å². The van der Waals surface area contributed by atoms with Crippen molar-refractivity contribution in [2.75, 3.05) is 19.8 Å². The van der Waals surface area contributed by atoms with Gasteiger partial charge in [-0.1, -0.05) is 69.9 Å². The van der Waals surface area contributed by atoms with E-state index in [0.29, 0.717) is 0 Å². The zero-order valence-electron chi connectivity index (χ0n) is 27.0. The normalized spacial score (nSPS) is 12.4. The molecular weight excluding hydrogens is 484 g/mol. The topological polar surface area (TPSA) is 80.9 Å². The Hall–Kier alpha value is -1.72. The first kappa shape index (κ1) is 41.8.